The molecule has 2 atom stereocenters. The molecule has 2 fully saturated rings. The second kappa shape index (κ2) is 22.9. The molecule has 4 rings (SSSR count). The van der Waals surface area contributed by atoms with Crippen LogP contribution in [0, 0.1) is 22.7 Å². The Morgan fingerprint density at radius 3 is 1.43 bits per heavy atom. The second-order valence-corrected chi connectivity index (χ2v) is 17.5. The van der Waals surface area contributed by atoms with Gasteiger partial charge < -0.3 is 33.6 Å². The molecule has 4 heterocycles. The first-order valence-corrected chi connectivity index (χ1v) is 20.0. The highest BCUT2D eigenvalue weighted by Crippen LogP contribution is 2.34. The molecule has 0 saturated carbocycles. The summed E-state index contributed by atoms with van der Waals surface area (Å²) >= 11 is 0. The molecule has 2 saturated heterocycles. The molecule has 0 bridgehead atoms. The molecule has 11 nitrogen and oxygen atoms in total. The zero-order valence-electron chi connectivity index (χ0n) is 36.3. The monoisotopic (exact) mass is 884 g/mol. The average Bonchev–Trinajstić information content (AvgIpc) is 3.08. The molecule has 342 valence electrons. The quantitative estimate of drug-likeness (QED) is 0.109. The minimum absolute atomic E-state index is 0. The van der Waals surface area contributed by atoms with E-state index in [0.717, 1.165) is 28.4 Å². The smallest absolute Gasteiger partial charge is 0.416 e. The molecule has 0 radical (unpaired) electrons. The summed E-state index contributed by atoms with van der Waals surface area (Å²) in [6.07, 6.45) is -6.73. The number of alkyl halides is 6. The predicted molar refractivity (Wildman–Crippen MR) is 219 cm³/mol. The molecule has 0 aromatic carbocycles. The molecule has 2 aromatic heterocycles. The molecule has 18 heteroatoms. The Hall–Kier alpha value is -3.70. The number of carbonyl (C=O) groups is 3. The van der Waals surface area contributed by atoms with Gasteiger partial charge in [-0.1, -0.05) is 55.4 Å². The second-order valence-electron chi connectivity index (χ2n) is 17.5. The number of esters is 2. The summed E-state index contributed by atoms with van der Waals surface area (Å²) in [4.78, 5) is 61.9. The summed E-state index contributed by atoms with van der Waals surface area (Å²) in [6, 6.07) is -0.940. The predicted octanol–water partition coefficient (Wildman–Crippen LogP) is 7.70. The van der Waals surface area contributed by atoms with Gasteiger partial charge in [0.05, 0.1) is 24.3 Å². The van der Waals surface area contributed by atoms with E-state index in [4.69, 9.17) is 9.47 Å². The highest BCUT2D eigenvalue weighted by molar-refractivity contribution is 5.85. The Balaban J connectivity index is 0.000000524. The van der Waals surface area contributed by atoms with E-state index >= 15 is 0 Å². The number of ether oxygens (including phenoxy) is 2. The zero-order chi connectivity index (χ0) is 45.1. The molecular weight excluding hydrogens is 822 g/mol. The number of aldehydes is 1. The number of nitrogens with one attached hydrogen (secondary N) is 1. The first-order chi connectivity index (χ1) is 27.2. The molecule has 2 aliphatic heterocycles. The average molecular weight is 885 g/mol. The van der Waals surface area contributed by atoms with Gasteiger partial charge in [0.2, 0.25) is 0 Å². The van der Waals surface area contributed by atoms with Gasteiger partial charge in [-0.15, -0.1) is 12.4 Å². The van der Waals surface area contributed by atoms with Gasteiger partial charge in [-0.25, -0.2) is 9.59 Å². The summed E-state index contributed by atoms with van der Waals surface area (Å²) in [5.74, 6) is -1.22. The van der Waals surface area contributed by atoms with Gasteiger partial charge in [-0.3, -0.25) is 9.59 Å². The number of aromatic nitrogens is 2. The fraction of sp³-hybridized carbons (Fsp3) is 0.690. The number of pyridine rings is 2. The third kappa shape index (κ3) is 16.6. The van der Waals surface area contributed by atoms with Crippen LogP contribution in [0.5, 0.6) is 0 Å². The van der Waals surface area contributed by atoms with Crippen molar-refractivity contribution in [2.24, 2.45) is 22.7 Å². The van der Waals surface area contributed by atoms with E-state index in [2.05, 4.69) is 37.9 Å². The number of carbonyl (C=O) groups excluding carboxylic acids is 3. The van der Waals surface area contributed by atoms with Gasteiger partial charge in [0.1, 0.15) is 18.4 Å². The molecule has 1 N–H and O–H groups in total. The van der Waals surface area contributed by atoms with Crippen LogP contribution < -0.4 is 16.4 Å². The van der Waals surface area contributed by atoms with Gasteiger partial charge in [0.25, 0.3) is 11.1 Å². The van der Waals surface area contributed by atoms with Gasteiger partial charge in [-0.2, -0.15) is 26.3 Å². The van der Waals surface area contributed by atoms with Crippen molar-refractivity contribution in [2.75, 3.05) is 45.9 Å². The van der Waals surface area contributed by atoms with Crippen LogP contribution in [0.1, 0.15) is 116 Å². The Bertz CT molecular complexity index is 1830. The van der Waals surface area contributed by atoms with Crippen molar-refractivity contribution < 1.29 is 50.2 Å². The largest absolute Gasteiger partial charge is 0.464 e. The van der Waals surface area contributed by atoms with Crippen LogP contribution in [-0.2, 0) is 49.1 Å². The van der Waals surface area contributed by atoms with Gasteiger partial charge >= 0.3 is 24.3 Å². The summed E-state index contributed by atoms with van der Waals surface area (Å²) in [5, 5.41) is 3.20. The standard InChI is InChI=1S/C21H31F3N2O3.C16H20F3NO4.C5H11N.ClH/c1-6-29-19(28)17(9-14(2)3)26-11-15(7-8-25-12-20(4,5)13-25)16(10-18(26)27)21(22,23)24;1-4-24-15(23)13(7-10(2)3)20-9-11(5-6-21)12(8-14(20)22)16(17,18)19;1-5(2)3-6-4-5;/h10-11,14,17H,6-9,12-13H2,1-5H3;6,8-10,13H,4-5,7H2,1-3H3;6H,3-4H2,1-2H3;1H. The lowest BCUT2D eigenvalue weighted by molar-refractivity contribution is -0.148. The lowest BCUT2D eigenvalue weighted by Crippen LogP contribution is -2.53. The highest BCUT2D eigenvalue weighted by Gasteiger charge is 2.38. The molecule has 2 unspecified atom stereocenters. The van der Waals surface area contributed by atoms with Crippen LogP contribution in [0.3, 0.4) is 0 Å². The first kappa shape index (κ1) is 54.3. The maximum atomic E-state index is 13.5. The van der Waals surface area contributed by atoms with Gasteiger partial charge in [0, 0.05) is 63.7 Å². The summed E-state index contributed by atoms with van der Waals surface area (Å²) in [5.41, 5.74) is -3.43. The Morgan fingerprint density at radius 1 is 0.750 bits per heavy atom. The van der Waals surface area contributed by atoms with E-state index in [1.54, 1.807) is 13.8 Å². The third-order valence-electron chi connectivity index (χ3n) is 9.63. The van der Waals surface area contributed by atoms with Crippen molar-refractivity contribution >= 4 is 30.6 Å². The van der Waals surface area contributed by atoms with Crippen LogP contribution in [0.25, 0.3) is 0 Å². The van der Waals surface area contributed by atoms with Crippen LogP contribution >= 0.6 is 12.4 Å². The first-order valence-electron chi connectivity index (χ1n) is 20.0. The number of halogens is 7. The number of hydrogen-bond donors (Lipinski definition) is 1. The number of likely N-dealkylation sites (tertiary alicyclic amines) is 1. The van der Waals surface area contributed by atoms with Crippen molar-refractivity contribution in [3.05, 3.63) is 67.5 Å². The van der Waals surface area contributed by atoms with Crippen LogP contribution in [0.2, 0.25) is 0 Å². The van der Waals surface area contributed by atoms with Gasteiger partial charge in [0.15, 0.2) is 0 Å². The molecule has 0 aliphatic carbocycles. The lowest BCUT2D eigenvalue weighted by Gasteiger charge is -2.46. The molecular formula is C42H63ClF6N4O7. The van der Waals surface area contributed by atoms with Crippen molar-refractivity contribution in [2.45, 2.75) is 119 Å². The van der Waals surface area contributed by atoms with Crippen LogP contribution in [0.4, 0.5) is 26.3 Å². The number of nitrogens with zero attached hydrogens (tertiary/aromatic N) is 3. The molecule has 2 aliphatic rings. The summed E-state index contributed by atoms with van der Waals surface area (Å²) in [6.45, 7) is 24.2. The SMILES string of the molecule is CC1(C)CNC1.CCOC(=O)C(CC(C)C)n1cc(CC=O)c(C(F)(F)F)cc1=O.CCOC(=O)C(CC(C)C)n1cc(CCN2CC(C)(C)C2)c(C(F)(F)F)cc1=O.Cl. The van der Waals surface area contributed by atoms with Crippen molar-refractivity contribution in [1.82, 2.24) is 19.4 Å². The van der Waals surface area contributed by atoms with E-state index in [9.17, 15) is 50.3 Å². The third-order valence-corrected chi connectivity index (χ3v) is 9.63. The Morgan fingerprint density at radius 2 is 1.13 bits per heavy atom. The molecule has 2 aromatic rings. The fourth-order valence-electron chi connectivity index (χ4n) is 6.89. The van der Waals surface area contributed by atoms with Gasteiger partial charge in [-0.05, 0) is 66.9 Å². The van der Waals surface area contributed by atoms with E-state index in [-0.39, 0.29) is 66.8 Å². The van der Waals surface area contributed by atoms with Crippen molar-refractivity contribution in [3.63, 3.8) is 0 Å². The van der Waals surface area contributed by atoms with E-state index < -0.39 is 65.0 Å². The fourth-order valence-corrected chi connectivity index (χ4v) is 6.89. The lowest BCUT2D eigenvalue weighted by atomic mass is 9.84. The van der Waals surface area contributed by atoms with Crippen LogP contribution in [0.15, 0.2) is 34.1 Å². The minimum Gasteiger partial charge on any atom is -0.464 e. The highest BCUT2D eigenvalue weighted by atomic mass is 35.5. The van der Waals surface area contributed by atoms with Crippen molar-refractivity contribution in [3.8, 4) is 0 Å². The van der Waals surface area contributed by atoms with Crippen molar-refractivity contribution in [1.29, 1.82) is 0 Å². The summed E-state index contributed by atoms with van der Waals surface area (Å²) < 4.78 is 91.7. The Labute approximate surface area is 355 Å². The molecule has 60 heavy (non-hydrogen) atoms. The maximum absolute atomic E-state index is 13.5. The normalized spacial score (nSPS) is 16.7. The Kier molecular flexibility index (Phi) is 20.8. The zero-order valence-corrected chi connectivity index (χ0v) is 37.2. The summed E-state index contributed by atoms with van der Waals surface area (Å²) in [7, 11) is 0. The maximum Gasteiger partial charge on any atom is 0.416 e. The topological polar surface area (TPSA) is 129 Å². The molecule has 0 spiro atoms. The van der Waals surface area contributed by atoms with Crippen LogP contribution in [-0.4, -0.2) is 78.2 Å². The molecule has 0 amide bonds. The van der Waals surface area contributed by atoms with E-state index in [1.807, 2.05) is 27.7 Å². The minimum atomic E-state index is -4.76. The van der Waals surface area contributed by atoms with E-state index in [1.165, 1.54) is 19.3 Å². The number of hydrogen-bond acceptors (Lipinski definition) is 9. The van der Waals surface area contributed by atoms with E-state index in [0.29, 0.717) is 36.8 Å². The number of rotatable bonds is 15.